The molecule has 1 heterocycles. The normalized spacial score (nSPS) is 12.5. The van der Waals surface area contributed by atoms with E-state index in [1.54, 1.807) is 43.5 Å². The van der Waals surface area contributed by atoms with Crippen molar-refractivity contribution < 1.29 is 28.2 Å². The number of halogens is 1. The molecule has 3 aromatic rings. The molecule has 0 spiro atoms. The van der Waals surface area contributed by atoms with Crippen LogP contribution in [0.1, 0.15) is 18.4 Å². The van der Waals surface area contributed by atoms with Gasteiger partial charge in [-0.2, -0.15) is 0 Å². The van der Waals surface area contributed by atoms with Crippen molar-refractivity contribution in [3.8, 4) is 17.2 Å². The van der Waals surface area contributed by atoms with Crippen LogP contribution < -0.4 is 24.4 Å². The summed E-state index contributed by atoms with van der Waals surface area (Å²) in [5.74, 6) is 1.11. The van der Waals surface area contributed by atoms with Gasteiger partial charge in [0.25, 0.3) is 5.91 Å². The highest BCUT2D eigenvalue weighted by atomic mass is 19.1. The molecule has 0 saturated heterocycles. The second-order valence-electron chi connectivity index (χ2n) is 7.72. The number of amides is 2. The highest BCUT2D eigenvalue weighted by molar-refractivity contribution is 5.99. The minimum Gasteiger partial charge on any atom is -0.497 e. The monoisotopic (exact) mass is 464 g/mol. The number of methoxy groups -OCH3 is 1. The van der Waals surface area contributed by atoms with Crippen LogP contribution >= 0.6 is 0 Å². The van der Waals surface area contributed by atoms with Crippen molar-refractivity contribution in [1.82, 2.24) is 0 Å². The maximum absolute atomic E-state index is 14.1. The summed E-state index contributed by atoms with van der Waals surface area (Å²) in [4.78, 5) is 26.4. The third kappa shape index (κ3) is 5.64. The number of hydrogen-bond donors (Lipinski definition) is 1. The predicted octanol–water partition coefficient (Wildman–Crippen LogP) is 4.56. The molecule has 0 radical (unpaired) electrons. The van der Waals surface area contributed by atoms with Crippen LogP contribution in [0.4, 0.5) is 15.8 Å². The molecule has 1 aliphatic rings. The van der Waals surface area contributed by atoms with Gasteiger partial charge in [0.1, 0.15) is 23.1 Å². The van der Waals surface area contributed by atoms with Gasteiger partial charge in [0.05, 0.1) is 25.9 Å². The number of nitrogens with one attached hydrogen (secondary N) is 1. The topological polar surface area (TPSA) is 77.1 Å². The van der Waals surface area contributed by atoms with Crippen LogP contribution in [-0.2, 0) is 16.1 Å². The molecule has 34 heavy (non-hydrogen) atoms. The largest absolute Gasteiger partial charge is 0.497 e. The molecule has 1 N–H and O–H groups in total. The van der Waals surface area contributed by atoms with Crippen molar-refractivity contribution in [2.45, 2.75) is 19.4 Å². The smallest absolute Gasteiger partial charge is 0.265 e. The van der Waals surface area contributed by atoms with E-state index in [9.17, 15) is 14.0 Å². The third-order valence-corrected chi connectivity index (χ3v) is 5.35. The van der Waals surface area contributed by atoms with Crippen molar-refractivity contribution in [3.05, 3.63) is 78.1 Å². The van der Waals surface area contributed by atoms with Crippen molar-refractivity contribution in [2.24, 2.45) is 0 Å². The van der Waals surface area contributed by atoms with E-state index in [0.29, 0.717) is 41.5 Å². The molecule has 0 fully saturated rings. The van der Waals surface area contributed by atoms with E-state index in [4.69, 9.17) is 14.2 Å². The standard InChI is InChI=1S/C26H25FN2O5/c1-32-20-9-11-21(12-10-20)33-14-4-7-25(30)28-19-8-13-24-23(15-19)29(26(31)17-34-24)16-18-5-2-3-6-22(18)27/h2-3,5-6,8-13,15H,4,7,14,16-17H2,1H3,(H,28,30). The minimum absolute atomic E-state index is 0.0714. The molecule has 8 heteroatoms. The molecule has 0 saturated carbocycles. The van der Waals surface area contributed by atoms with Crippen LogP contribution in [0.3, 0.4) is 0 Å². The van der Waals surface area contributed by atoms with Crippen LogP contribution in [0.2, 0.25) is 0 Å². The number of hydrogen-bond acceptors (Lipinski definition) is 5. The first-order valence-corrected chi connectivity index (χ1v) is 10.9. The summed E-state index contributed by atoms with van der Waals surface area (Å²) in [6.45, 7) is 0.339. The average molecular weight is 464 g/mol. The fourth-order valence-electron chi connectivity index (χ4n) is 3.57. The van der Waals surface area contributed by atoms with Gasteiger partial charge in [0.2, 0.25) is 5.91 Å². The van der Waals surface area contributed by atoms with E-state index >= 15 is 0 Å². The van der Waals surface area contributed by atoms with Gasteiger partial charge in [-0.25, -0.2) is 4.39 Å². The second kappa shape index (κ2) is 10.7. The Morgan fingerprint density at radius 3 is 2.62 bits per heavy atom. The summed E-state index contributed by atoms with van der Waals surface area (Å²) in [5, 5.41) is 2.84. The zero-order valence-corrected chi connectivity index (χ0v) is 18.8. The Morgan fingerprint density at radius 2 is 1.85 bits per heavy atom. The van der Waals surface area contributed by atoms with Gasteiger partial charge in [-0.1, -0.05) is 18.2 Å². The van der Waals surface area contributed by atoms with E-state index in [2.05, 4.69) is 5.32 Å². The lowest BCUT2D eigenvalue weighted by atomic mass is 10.1. The number of ether oxygens (including phenoxy) is 3. The lowest BCUT2D eigenvalue weighted by Crippen LogP contribution is -2.38. The summed E-state index contributed by atoms with van der Waals surface area (Å²) in [7, 11) is 1.60. The van der Waals surface area contributed by atoms with Crippen LogP contribution in [0.15, 0.2) is 66.7 Å². The number of carbonyl (C=O) groups excluding carboxylic acids is 2. The molecular formula is C26H25FN2O5. The number of benzene rings is 3. The molecule has 0 aliphatic carbocycles. The molecule has 0 bridgehead atoms. The van der Waals surface area contributed by atoms with Gasteiger partial charge in [0, 0.05) is 17.7 Å². The molecule has 1 aliphatic heterocycles. The molecule has 2 amide bonds. The molecule has 4 rings (SSSR count). The van der Waals surface area contributed by atoms with Crippen LogP contribution in [0.25, 0.3) is 0 Å². The summed E-state index contributed by atoms with van der Waals surface area (Å²) in [6, 6.07) is 18.6. The Hall–Kier alpha value is -4.07. The first-order chi connectivity index (χ1) is 16.5. The minimum atomic E-state index is -0.385. The Morgan fingerprint density at radius 1 is 1.09 bits per heavy atom. The first kappa shape index (κ1) is 23.1. The van der Waals surface area contributed by atoms with Crippen molar-refractivity contribution in [1.29, 1.82) is 0 Å². The molecule has 7 nitrogen and oxygen atoms in total. The van der Waals surface area contributed by atoms with Crippen LogP contribution in [0.5, 0.6) is 17.2 Å². The van der Waals surface area contributed by atoms with Crippen LogP contribution in [0, 0.1) is 5.82 Å². The van der Waals surface area contributed by atoms with E-state index in [1.165, 1.54) is 11.0 Å². The van der Waals surface area contributed by atoms with Gasteiger partial charge in [0.15, 0.2) is 6.61 Å². The number of rotatable bonds is 9. The maximum atomic E-state index is 14.1. The van der Waals surface area contributed by atoms with Gasteiger partial charge < -0.3 is 24.4 Å². The van der Waals surface area contributed by atoms with Gasteiger partial charge in [-0.3, -0.25) is 9.59 Å². The SMILES string of the molecule is COc1ccc(OCCCC(=O)Nc2ccc3c(c2)N(Cc2ccccc2F)C(=O)CO3)cc1. The number of carbonyl (C=O) groups is 2. The third-order valence-electron chi connectivity index (χ3n) is 5.35. The number of fused-ring (bicyclic) bond motifs is 1. The Kier molecular flexibility index (Phi) is 7.27. The Balaban J connectivity index is 1.34. The Bertz CT molecular complexity index is 1170. The quantitative estimate of drug-likeness (QED) is 0.470. The highest BCUT2D eigenvalue weighted by Gasteiger charge is 2.27. The predicted molar refractivity (Wildman–Crippen MR) is 126 cm³/mol. The van der Waals surface area contributed by atoms with Crippen LogP contribution in [-0.4, -0.2) is 32.1 Å². The molecular weight excluding hydrogens is 439 g/mol. The van der Waals surface area contributed by atoms with E-state index in [0.717, 1.165) is 5.75 Å². The lowest BCUT2D eigenvalue weighted by Gasteiger charge is -2.30. The van der Waals surface area contributed by atoms with Crippen molar-refractivity contribution in [3.63, 3.8) is 0 Å². The van der Waals surface area contributed by atoms with E-state index < -0.39 is 0 Å². The number of nitrogens with zero attached hydrogens (tertiary/aromatic N) is 1. The lowest BCUT2D eigenvalue weighted by molar-refractivity contribution is -0.121. The van der Waals surface area contributed by atoms with Crippen molar-refractivity contribution >= 4 is 23.2 Å². The Labute approximate surface area is 197 Å². The molecule has 0 atom stereocenters. The summed E-state index contributed by atoms with van der Waals surface area (Å²) in [5.41, 5.74) is 1.41. The highest BCUT2D eigenvalue weighted by Crippen LogP contribution is 2.35. The zero-order valence-electron chi connectivity index (χ0n) is 18.8. The van der Waals surface area contributed by atoms with Gasteiger partial charge in [-0.05, 0) is 55.0 Å². The first-order valence-electron chi connectivity index (χ1n) is 10.9. The fourth-order valence-corrected chi connectivity index (χ4v) is 3.57. The molecule has 176 valence electrons. The average Bonchev–Trinajstić information content (AvgIpc) is 2.85. The zero-order chi connectivity index (χ0) is 23.9. The van der Waals surface area contributed by atoms with Gasteiger partial charge in [-0.15, -0.1) is 0 Å². The summed E-state index contributed by atoms with van der Waals surface area (Å²) >= 11 is 0. The second-order valence-corrected chi connectivity index (χ2v) is 7.72. The van der Waals surface area contributed by atoms with E-state index in [1.807, 2.05) is 24.3 Å². The molecule has 0 unspecified atom stereocenters. The van der Waals surface area contributed by atoms with Crippen molar-refractivity contribution in [2.75, 3.05) is 30.5 Å². The van der Waals surface area contributed by atoms with Gasteiger partial charge >= 0.3 is 0 Å². The van der Waals surface area contributed by atoms with E-state index in [-0.39, 0.29) is 37.2 Å². The number of anilines is 2. The molecule has 0 aromatic heterocycles. The maximum Gasteiger partial charge on any atom is 0.265 e. The molecule has 3 aromatic carbocycles. The fraction of sp³-hybridized carbons (Fsp3) is 0.231. The summed E-state index contributed by atoms with van der Waals surface area (Å²) < 4.78 is 30.4. The summed E-state index contributed by atoms with van der Waals surface area (Å²) in [6.07, 6.45) is 0.797.